The second kappa shape index (κ2) is 9.88. The summed E-state index contributed by atoms with van der Waals surface area (Å²) in [6.07, 6.45) is 0.662. The number of hydrogen-bond acceptors (Lipinski definition) is 5. The van der Waals surface area contributed by atoms with Crippen LogP contribution in [0.3, 0.4) is 0 Å². The molecule has 0 radical (unpaired) electrons. The van der Waals surface area contributed by atoms with Crippen LogP contribution in [0.2, 0.25) is 5.02 Å². The van der Waals surface area contributed by atoms with Gasteiger partial charge in [0.2, 0.25) is 0 Å². The third-order valence-corrected chi connectivity index (χ3v) is 5.32. The Hall–Kier alpha value is -2.99. The molecule has 0 aliphatic carbocycles. The van der Waals surface area contributed by atoms with Gasteiger partial charge in [0.05, 0.1) is 29.9 Å². The first kappa shape index (κ1) is 22.7. The van der Waals surface area contributed by atoms with Crippen molar-refractivity contribution in [2.75, 3.05) is 19.8 Å². The number of aliphatic hydroxyl groups excluding tert-OH is 1. The van der Waals surface area contributed by atoms with Crippen molar-refractivity contribution in [1.82, 2.24) is 4.90 Å². The number of halogens is 1. The lowest BCUT2D eigenvalue weighted by Gasteiger charge is -2.25. The number of benzene rings is 2. The maximum atomic E-state index is 13.0. The van der Waals surface area contributed by atoms with Crippen LogP contribution >= 0.6 is 11.6 Å². The lowest BCUT2D eigenvalue weighted by atomic mass is 9.95. The molecule has 0 aromatic heterocycles. The molecule has 1 aliphatic rings. The quantitative estimate of drug-likeness (QED) is 0.354. The van der Waals surface area contributed by atoms with Crippen LogP contribution in [0, 0.1) is 0 Å². The average Bonchev–Trinajstić information content (AvgIpc) is 3.00. The van der Waals surface area contributed by atoms with Gasteiger partial charge in [0.25, 0.3) is 11.7 Å². The smallest absolute Gasteiger partial charge is 0.295 e. The van der Waals surface area contributed by atoms with Crippen LogP contribution in [-0.2, 0) is 9.59 Å². The number of nitrogens with zero attached hydrogens (tertiary/aromatic N) is 1. The van der Waals surface area contributed by atoms with E-state index in [4.69, 9.17) is 21.1 Å². The summed E-state index contributed by atoms with van der Waals surface area (Å²) in [6.45, 7) is 6.94. The topological polar surface area (TPSA) is 76.1 Å². The summed E-state index contributed by atoms with van der Waals surface area (Å²) < 4.78 is 11.1. The van der Waals surface area contributed by atoms with E-state index in [1.807, 2.05) is 26.8 Å². The zero-order valence-corrected chi connectivity index (χ0v) is 18.6. The van der Waals surface area contributed by atoms with Gasteiger partial charge < -0.3 is 19.5 Å². The van der Waals surface area contributed by atoms with Gasteiger partial charge in [-0.3, -0.25) is 9.59 Å². The number of amides is 1. The van der Waals surface area contributed by atoms with Crippen LogP contribution in [0.25, 0.3) is 5.76 Å². The van der Waals surface area contributed by atoms with Crippen molar-refractivity contribution in [3.05, 3.63) is 64.2 Å². The highest BCUT2D eigenvalue weighted by molar-refractivity contribution is 6.47. The summed E-state index contributed by atoms with van der Waals surface area (Å²) in [5, 5.41) is 11.4. The molecule has 1 aliphatic heterocycles. The molecule has 2 aromatic rings. The summed E-state index contributed by atoms with van der Waals surface area (Å²) in [4.78, 5) is 27.3. The molecular formula is C24H26ClNO5. The van der Waals surface area contributed by atoms with Crippen LogP contribution in [-0.4, -0.2) is 41.5 Å². The molecular weight excluding hydrogens is 418 g/mol. The second-order valence-corrected chi connectivity index (χ2v) is 7.48. The molecule has 1 atom stereocenters. The van der Waals surface area contributed by atoms with E-state index in [0.29, 0.717) is 43.2 Å². The maximum absolute atomic E-state index is 13.0. The Bertz CT molecular complexity index is 1020. The van der Waals surface area contributed by atoms with E-state index in [0.717, 1.165) is 0 Å². The third kappa shape index (κ3) is 4.54. The SMILES string of the molecule is CCCN1C(=O)C(=O)/C(=C(/O)c2cc(OCC)ccc2Cl)C1c1cccc(OCC)c1. The van der Waals surface area contributed by atoms with Gasteiger partial charge in [-0.15, -0.1) is 0 Å². The molecule has 0 spiro atoms. The number of rotatable bonds is 8. The minimum Gasteiger partial charge on any atom is -0.507 e. The number of ketones is 1. The number of ether oxygens (including phenoxy) is 2. The average molecular weight is 444 g/mol. The van der Waals surface area contributed by atoms with Gasteiger partial charge >= 0.3 is 0 Å². The Kier molecular flexibility index (Phi) is 7.23. The lowest BCUT2D eigenvalue weighted by Crippen LogP contribution is -2.30. The Morgan fingerprint density at radius 3 is 2.35 bits per heavy atom. The van der Waals surface area contributed by atoms with Gasteiger partial charge in [-0.05, 0) is 56.2 Å². The fourth-order valence-electron chi connectivity index (χ4n) is 3.73. The second-order valence-electron chi connectivity index (χ2n) is 7.07. The van der Waals surface area contributed by atoms with Crippen molar-refractivity contribution >= 4 is 29.1 Å². The van der Waals surface area contributed by atoms with E-state index in [1.165, 1.54) is 4.90 Å². The first-order valence-electron chi connectivity index (χ1n) is 10.4. The molecule has 3 rings (SSSR count). The zero-order chi connectivity index (χ0) is 22.5. The van der Waals surface area contributed by atoms with E-state index in [1.54, 1.807) is 36.4 Å². The van der Waals surface area contributed by atoms with Gasteiger partial charge in [0.15, 0.2) is 0 Å². The Labute approximate surface area is 187 Å². The van der Waals surface area contributed by atoms with E-state index < -0.39 is 17.7 Å². The minimum atomic E-state index is -0.743. The van der Waals surface area contributed by atoms with Gasteiger partial charge in [-0.2, -0.15) is 0 Å². The lowest BCUT2D eigenvalue weighted by molar-refractivity contribution is -0.139. The van der Waals surface area contributed by atoms with Crippen LogP contribution in [0.1, 0.15) is 44.4 Å². The van der Waals surface area contributed by atoms with Gasteiger partial charge in [0, 0.05) is 12.1 Å². The van der Waals surface area contributed by atoms with Crippen LogP contribution in [0.5, 0.6) is 11.5 Å². The first-order chi connectivity index (χ1) is 14.9. The summed E-state index contributed by atoms with van der Waals surface area (Å²) >= 11 is 6.33. The maximum Gasteiger partial charge on any atom is 0.295 e. The molecule has 1 fully saturated rings. The predicted octanol–water partition coefficient (Wildman–Crippen LogP) is 4.97. The molecule has 1 amide bonds. The van der Waals surface area contributed by atoms with E-state index in [-0.39, 0.29) is 21.9 Å². The van der Waals surface area contributed by atoms with E-state index in [9.17, 15) is 14.7 Å². The fourth-order valence-corrected chi connectivity index (χ4v) is 3.93. The number of likely N-dealkylation sites (tertiary alicyclic amines) is 1. The molecule has 1 heterocycles. The predicted molar refractivity (Wildman–Crippen MR) is 120 cm³/mol. The summed E-state index contributed by atoms with van der Waals surface area (Å²) in [5.74, 6) is -0.581. The number of hydrogen-bond donors (Lipinski definition) is 1. The summed E-state index contributed by atoms with van der Waals surface area (Å²) in [6, 6.07) is 11.3. The van der Waals surface area contributed by atoms with Crippen LogP contribution in [0.15, 0.2) is 48.0 Å². The highest BCUT2D eigenvalue weighted by Crippen LogP contribution is 2.41. The molecule has 6 nitrogen and oxygen atoms in total. The van der Waals surface area contributed by atoms with Crippen LogP contribution in [0.4, 0.5) is 0 Å². The first-order valence-corrected chi connectivity index (χ1v) is 10.7. The minimum absolute atomic E-state index is 0.00245. The monoisotopic (exact) mass is 443 g/mol. The van der Waals surface area contributed by atoms with Gasteiger partial charge in [0.1, 0.15) is 17.3 Å². The summed E-state index contributed by atoms with van der Waals surface area (Å²) in [7, 11) is 0. The highest BCUT2D eigenvalue weighted by atomic mass is 35.5. The molecule has 2 aromatic carbocycles. The van der Waals surface area contributed by atoms with E-state index >= 15 is 0 Å². The van der Waals surface area contributed by atoms with Crippen molar-refractivity contribution in [3.63, 3.8) is 0 Å². The highest BCUT2D eigenvalue weighted by Gasteiger charge is 2.46. The molecule has 7 heteroatoms. The molecule has 1 saturated heterocycles. The van der Waals surface area contributed by atoms with Gasteiger partial charge in [-0.1, -0.05) is 30.7 Å². The van der Waals surface area contributed by atoms with Crippen molar-refractivity contribution in [2.24, 2.45) is 0 Å². The Morgan fingerprint density at radius 2 is 1.71 bits per heavy atom. The standard InChI is InChI=1S/C24H26ClNO5/c1-4-12-26-21(15-8-7-9-16(13-15)30-5-2)20(23(28)24(26)29)22(27)18-14-17(31-6-3)10-11-19(18)25/h7-11,13-14,21,27H,4-6,12H2,1-3H3/b22-20+. The molecule has 31 heavy (non-hydrogen) atoms. The Balaban J connectivity index is 2.20. The van der Waals surface area contributed by atoms with E-state index in [2.05, 4.69) is 0 Å². The molecule has 0 bridgehead atoms. The zero-order valence-electron chi connectivity index (χ0n) is 17.9. The van der Waals surface area contributed by atoms with Crippen molar-refractivity contribution in [1.29, 1.82) is 0 Å². The normalized spacial score (nSPS) is 17.8. The number of carbonyl (C=O) groups excluding carboxylic acids is 2. The van der Waals surface area contributed by atoms with Crippen molar-refractivity contribution in [2.45, 2.75) is 33.2 Å². The number of aliphatic hydroxyl groups is 1. The third-order valence-electron chi connectivity index (χ3n) is 4.99. The van der Waals surface area contributed by atoms with Crippen LogP contribution < -0.4 is 9.47 Å². The van der Waals surface area contributed by atoms with Crippen molar-refractivity contribution in [3.8, 4) is 11.5 Å². The largest absolute Gasteiger partial charge is 0.507 e. The Morgan fingerprint density at radius 1 is 1.03 bits per heavy atom. The number of Topliss-reactive ketones (excluding diaryl/α,β-unsaturated/α-hetero) is 1. The molecule has 164 valence electrons. The molecule has 0 saturated carbocycles. The summed E-state index contributed by atoms with van der Waals surface area (Å²) in [5.41, 5.74) is 0.924. The van der Waals surface area contributed by atoms with Gasteiger partial charge in [-0.25, -0.2) is 0 Å². The molecule has 1 N–H and O–H groups in total. The number of carbonyl (C=O) groups is 2. The fraction of sp³-hybridized carbons (Fsp3) is 0.333. The van der Waals surface area contributed by atoms with Crippen molar-refractivity contribution < 1.29 is 24.2 Å². The molecule has 1 unspecified atom stereocenters.